The summed E-state index contributed by atoms with van der Waals surface area (Å²) in [6.45, 7) is 17.0. The van der Waals surface area contributed by atoms with Crippen LogP contribution in [0.4, 0.5) is 0 Å². The summed E-state index contributed by atoms with van der Waals surface area (Å²) < 4.78 is 5.71. The highest BCUT2D eigenvalue weighted by Gasteiger charge is 2.32. The Morgan fingerprint density at radius 3 is 1.77 bits per heavy atom. The summed E-state index contributed by atoms with van der Waals surface area (Å²) in [6.07, 6.45) is 1.17. The summed E-state index contributed by atoms with van der Waals surface area (Å²) in [7, 11) is -0.814. The van der Waals surface area contributed by atoms with Crippen LogP contribution in [0.25, 0.3) is 0 Å². The second kappa shape index (κ2) is 4.60. The molecular weight excluding hydrogens is 176 g/mol. The molecule has 0 aliphatic carbocycles. The summed E-state index contributed by atoms with van der Waals surface area (Å²) in [6, 6.07) is 0. The van der Waals surface area contributed by atoms with Gasteiger partial charge in [-0.1, -0.05) is 34.6 Å². The molecule has 0 aromatic carbocycles. The zero-order chi connectivity index (χ0) is 10.7. The normalized spacial score (nSPS) is 13.8. The smallest absolute Gasteiger partial charge is 0.170 e. The van der Waals surface area contributed by atoms with E-state index in [0.717, 1.165) is 6.61 Å². The molecule has 0 radical (unpaired) electrons. The standard InChI is InChI=1S/C11H26OSi/c1-10(2,3)11(4,5)8-9-12-13(6)7/h13H,8-9H2,1-7H3. The molecule has 0 aromatic rings. The van der Waals surface area contributed by atoms with E-state index in [4.69, 9.17) is 4.43 Å². The second-order valence-electron chi connectivity index (χ2n) is 5.80. The first kappa shape index (κ1) is 13.2. The van der Waals surface area contributed by atoms with Crippen LogP contribution in [0.3, 0.4) is 0 Å². The zero-order valence-electron chi connectivity index (χ0n) is 10.4. The minimum absolute atomic E-state index is 0.370. The van der Waals surface area contributed by atoms with Gasteiger partial charge < -0.3 is 4.43 Å². The highest BCUT2D eigenvalue weighted by atomic mass is 28.3. The third-order valence-electron chi connectivity index (χ3n) is 3.21. The maximum atomic E-state index is 5.71. The number of rotatable bonds is 4. The van der Waals surface area contributed by atoms with Gasteiger partial charge in [-0.2, -0.15) is 0 Å². The van der Waals surface area contributed by atoms with Gasteiger partial charge in [0.05, 0.1) is 0 Å². The summed E-state index contributed by atoms with van der Waals surface area (Å²) in [5.41, 5.74) is 0.741. The van der Waals surface area contributed by atoms with Gasteiger partial charge in [-0.3, -0.25) is 0 Å². The van der Waals surface area contributed by atoms with E-state index in [9.17, 15) is 0 Å². The van der Waals surface area contributed by atoms with Gasteiger partial charge in [-0.15, -0.1) is 0 Å². The lowest BCUT2D eigenvalue weighted by Crippen LogP contribution is -2.31. The first-order valence-electron chi connectivity index (χ1n) is 5.28. The maximum absolute atomic E-state index is 5.71. The molecule has 0 spiro atoms. The highest BCUT2D eigenvalue weighted by Crippen LogP contribution is 2.40. The molecule has 0 saturated carbocycles. The molecule has 0 heterocycles. The summed E-state index contributed by atoms with van der Waals surface area (Å²) >= 11 is 0. The molecule has 0 bridgehead atoms. The predicted molar refractivity (Wildman–Crippen MR) is 62.7 cm³/mol. The van der Waals surface area contributed by atoms with Crippen molar-refractivity contribution in [1.82, 2.24) is 0 Å². The van der Waals surface area contributed by atoms with Gasteiger partial charge in [-0.05, 0) is 30.3 Å². The Hall–Kier alpha value is 0.177. The fraction of sp³-hybridized carbons (Fsp3) is 1.00. The van der Waals surface area contributed by atoms with Crippen molar-refractivity contribution >= 4 is 9.04 Å². The molecular formula is C11H26OSi. The molecule has 0 aromatic heterocycles. The fourth-order valence-corrected chi connectivity index (χ4v) is 1.51. The minimum atomic E-state index is -0.814. The van der Waals surface area contributed by atoms with E-state index in [2.05, 4.69) is 47.7 Å². The quantitative estimate of drug-likeness (QED) is 0.635. The van der Waals surface area contributed by atoms with Gasteiger partial charge in [0.25, 0.3) is 0 Å². The van der Waals surface area contributed by atoms with Gasteiger partial charge in [0.15, 0.2) is 9.04 Å². The average molecular weight is 202 g/mol. The van der Waals surface area contributed by atoms with Gasteiger partial charge in [0, 0.05) is 6.61 Å². The van der Waals surface area contributed by atoms with Gasteiger partial charge in [0.2, 0.25) is 0 Å². The topological polar surface area (TPSA) is 9.23 Å². The van der Waals surface area contributed by atoms with Crippen molar-refractivity contribution in [3.8, 4) is 0 Å². The Morgan fingerprint density at radius 1 is 1.00 bits per heavy atom. The Labute approximate surface area is 85.6 Å². The Kier molecular flexibility index (Phi) is 4.67. The lowest BCUT2D eigenvalue weighted by atomic mass is 9.68. The van der Waals surface area contributed by atoms with Crippen molar-refractivity contribution < 1.29 is 4.43 Å². The molecule has 80 valence electrons. The molecule has 0 fully saturated rings. The van der Waals surface area contributed by atoms with Crippen LogP contribution >= 0.6 is 0 Å². The van der Waals surface area contributed by atoms with E-state index in [1.807, 2.05) is 0 Å². The average Bonchev–Trinajstić information content (AvgIpc) is 1.82. The molecule has 13 heavy (non-hydrogen) atoms. The van der Waals surface area contributed by atoms with Gasteiger partial charge in [0.1, 0.15) is 0 Å². The minimum Gasteiger partial charge on any atom is -0.421 e. The summed E-state index contributed by atoms with van der Waals surface area (Å²) in [4.78, 5) is 0. The van der Waals surface area contributed by atoms with Crippen molar-refractivity contribution in [3.05, 3.63) is 0 Å². The van der Waals surface area contributed by atoms with Crippen LogP contribution in [0.1, 0.15) is 41.0 Å². The molecule has 1 nitrogen and oxygen atoms in total. The van der Waals surface area contributed by atoms with Crippen LogP contribution < -0.4 is 0 Å². The van der Waals surface area contributed by atoms with Crippen molar-refractivity contribution in [2.24, 2.45) is 10.8 Å². The number of hydrogen-bond donors (Lipinski definition) is 0. The monoisotopic (exact) mass is 202 g/mol. The molecule has 0 amide bonds. The lowest BCUT2D eigenvalue weighted by molar-refractivity contribution is 0.0959. The first-order chi connectivity index (χ1) is 5.67. The molecule has 0 unspecified atom stereocenters. The summed E-state index contributed by atoms with van der Waals surface area (Å²) in [5, 5.41) is 0. The summed E-state index contributed by atoms with van der Waals surface area (Å²) in [5.74, 6) is 0. The lowest BCUT2D eigenvalue weighted by Gasteiger charge is -2.39. The Balaban J connectivity index is 3.90. The Morgan fingerprint density at radius 2 is 1.46 bits per heavy atom. The van der Waals surface area contributed by atoms with E-state index < -0.39 is 9.04 Å². The van der Waals surface area contributed by atoms with Crippen LogP contribution in [0.15, 0.2) is 0 Å². The second-order valence-corrected chi connectivity index (χ2v) is 8.23. The third kappa shape index (κ3) is 4.82. The molecule has 0 aliphatic heterocycles. The molecule has 0 rings (SSSR count). The molecule has 0 saturated heterocycles. The van der Waals surface area contributed by atoms with E-state index in [-0.39, 0.29) is 0 Å². The van der Waals surface area contributed by atoms with Crippen molar-refractivity contribution in [2.75, 3.05) is 6.61 Å². The predicted octanol–water partition coefficient (Wildman–Crippen LogP) is 3.45. The van der Waals surface area contributed by atoms with E-state index in [0.29, 0.717) is 10.8 Å². The molecule has 0 N–H and O–H groups in total. The van der Waals surface area contributed by atoms with Crippen LogP contribution in [-0.2, 0) is 4.43 Å². The SMILES string of the molecule is C[SiH](C)OCCC(C)(C)C(C)(C)C. The fourth-order valence-electron chi connectivity index (χ4n) is 0.925. The van der Waals surface area contributed by atoms with Crippen LogP contribution in [0.5, 0.6) is 0 Å². The number of hydrogen-bond acceptors (Lipinski definition) is 1. The van der Waals surface area contributed by atoms with Gasteiger partial charge >= 0.3 is 0 Å². The van der Waals surface area contributed by atoms with E-state index in [1.54, 1.807) is 0 Å². The van der Waals surface area contributed by atoms with Crippen LogP contribution in [0.2, 0.25) is 13.1 Å². The Bertz CT molecular complexity index is 145. The van der Waals surface area contributed by atoms with Crippen molar-refractivity contribution in [2.45, 2.75) is 54.1 Å². The van der Waals surface area contributed by atoms with Crippen LogP contribution in [-0.4, -0.2) is 15.6 Å². The maximum Gasteiger partial charge on any atom is 0.170 e. The molecule has 0 aliphatic rings. The van der Waals surface area contributed by atoms with Crippen LogP contribution in [0, 0.1) is 10.8 Å². The van der Waals surface area contributed by atoms with Gasteiger partial charge in [-0.25, -0.2) is 0 Å². The van der Waals surface area contributed by atoms with E-state index >= 15 is 0 Å². The van der Waals surface area contributed by atoms with Crippen molar-refractivity contribution in [3.63, 3.8) is 0 Å². The molecule has 0 atom stereocenters. The molecule has 2 heteroatoms. The largest absolute Gasteiger partial charge is 0.421 e. The highest BCUT2D eigenvalue weighted by molar-refractivity contribution is 6.48. The van der Waals surface area contributed by atoms with Crippen molar-refractivity contribution in [1.29, 1.82) is 0 Å². The first-order valence-corrected chi connectivity index (χ1v) is 8.06. The third-order valence-corrected chi connectivity index (χ3v) is 4.11. The zero-order valence-corrected chi connectivity index (χ0v) is 11.6. The van der Waals surface area contributed by atoms with E-state index in [1.165, 1.54) is 6.42 Å².